The molecule has 0 bridgehead atoms. The summed E-state index contributed by atoms with van der Waals surface area (Å²) in [7, 11) is 0. The molecule has 2 aromatic rings. The Bertz CT molecular complexity index is 1410. The average molecular weight is 469 g/mol. The number of para-hydroxylation sites is 1. The van der Waals surface area contributed by atoms with Crippen LogP contribution in [0, 0.1) is 17.2 Å². The number of anilines is 1. The first kappa shape index (κ1) is 21.4. The zero-order chi connectivity index (χ0) is 22.8. The molecule has 162 valence electrons. The molecule has 5 rings (SSSR count). The lowest BCUT2D eigenvalue weighted by atomic mass is 10.0. The van der Waals surface area contributed by atoms with Gasteiger partial charge in [-0.15, -0.1) is 0 Å². The van der Waals surface area contributed by atoms with Crippen LogP contribution in [0.2, 0.25) is 0 Å². The van der Waals surface area contributed by atoms with E-state index in [-0.39, 0.29) is 22.5 Å². The third-order valence-corrected chi connectivity index (χ3v) is 7.02. The van der Waals surface area contributed by atoms with E-state index in [1.807, 2.05) is 40.4 Å². The third-order valence-electron chi connectivity index (χ3n) is 5.69. The first-order chi connectivity index (χ1) is 16.2. The highest BCUT2D eigenvalue weighted by Crippen LogP contribution is 2.33. The van der Waals surface area contributed by atoms with Crippen LogP contribution >= 0.6 is 24.0 Å². The van der Waals surface area contributed by atoms with E-state index in [1.54, 1.807) is 11.8 Å². The van der Waals surface area contributed by atoms with Crippen LogP contribution in [0.3, 0.4) is 0 Å². The Hall–Kier alpha value is -3.47. The van der Waals surface area contributed by atoms with Crippen LogP contribution < -0.4 is 15.9 Å². The fourth-order valence-electron chi connectivity index (χ4n) is 4.10. The number of Topliss-reactive ketones (excluding diaryl/α,β-unsaturated/α-hetero) is 1. The lowest BCUT2D eigenvalue weighted by Gasteiger charge is -2.18. The summed E-state index contributed by atoms with van der Waals surface area (Å²) in [6.45, 7) is 0. The summed E-state index contributed by atoms with van der Waals surface area (Å²) in [4.78, 5) is 14.9. The van der Waals surface area contributed by atoms with Gasteiger partial charge in [-0.05, 0) is 42.0 Å². The second-order valence-corrected chi connectivity index (χ2v) is 9.15. The van der Waals surface area contributed by atoms with E-state index < -0.39 is 5.92 Å². The van der Waals surface area contributed by atoms with Gasteiger partial charge in [0.2, 0.25) is 5.78 Å². The van der Waals surface area contributed by atoms with Gasteiger partial charge in [0.1, 0.15) is 10.7 Å². The second-order valence-electron chi connectivity index (χ2n) is 7.80. The topological polar surface area (TPSA) is 70.7 Å². The Morgan fingerprint density at radius 1 is 1.24 bits per heavy atom. The van der Waals surface area contributed by atoms with E-state index in [4.69, 9.17) is 17.3 Å². The zero-order valence-corrected chi connectivity index (χ0v) is 19.3. The molecule has 0 spiro atoms. The molecular weight excluding hydrogens is 448 g/mol. The molecule has 1 aromatic heterocycles. The number of carbonyl (C=O) groups is 1. The molecule has 1 N–H and O–H groups in total. The molecule has 0 radical (unpaired) electrons. The minimum Gasteiger partial charge on any atom is -0.349 e. The van der Waals surface area contributed by atoms with Crippen LogP contribution in [0.15, 0.2) is 77.8 Å². The lowest BCUT2D eigenvalue weighted by Crippen LogP contribution is -2.38. The molecule has 1 unspecified atom stereocenters. The van der Waals surface area contributed by atoms with Crippen molar-refractivity contribution in [2.24, 2.45) is 5.92 Å². The standard InChI is InChI=1S/C26H20N4OS2/c27-15-20(26(32)28-17-9-3-1-4-10-17)25(31)23-21-16-33-22-14-8-7-13-19(22)24(21)30(29-23)18-11-5-2-6-12-18/h1,3-12,14,16,18,20H,2,13H2,(H,28,32). The number of aromatic nitrogens is 2. The molecule has 3 aliphatic rings. The van der Waals surface area contributed by atoms with Crippen molar-refractivity contribution in [1.29, 1.82) is 5.26 Å². The Balaban J connectivity index is 1.60. The van der Waals surface area contributed by atoms with Crippen molar-refractivity contribution in [3.8, 4) is 6.07 Å². The number of allylic oxidation sites excluding steroid dienone is 8. The van der Waals surface area contributed by atoms with Crippen molar-refractivity contribution >= 4 is 51.4 Å². The normalized spacial score (nSPS) is 17.3. The molecule has 0 saturated heterocycles. The summed E-state index contributed by atoms with van der Waals surface area (Å²) in [5.41, 5.74) is 2.18. The van der Waals surface area contributed by atoms with Gasteiger partial charge < -0.3 is 5.32 Å². The number of nitriles is 1. The summed E-state index contributed by atoms with van der Waals surface area (Å²) in [5.74, 6) is -1.52. The van der Waals surface area contributed by atoms with E-state index >= 15 is 0 Å². The van der Waals surface area contributed by atoms with E-state index in [0.717, 1.165) is 39.6 Å². The number of nitrogens with zero attached hydrogens (tertiary/aromatic N) is 3. The number of rotatable bonds is 5. The molecule has 0 amide bonds. The number of nitrogens with one attached hydrogen (secondary N) is 1. The SMILES string of the molecule is N#CC(C(=O)c1nn(C2C=CCC=C2)c2c1=CSC1=CC=CCC=21)C(=S)Nc1ccccc1. The van der Waals surface area contributed by atoms with Crippen LogP contribution in [0.5, 0.6) is 0 Å². The van der Waals surface area contributed by atoms with Gasteiger partial charge in [0.15, 0.2) is 5.92 Å². The fraction of sp³-hybridized carbons (Fsp3) is 0.154. The Kier molecular flexibility index (Phi) is 5.95. The van der Waals surface area contributed by atoms with Crippen LogP contribution in [-0.4, -0.2) is 20.6 Å². The molecular formula is C26H20N4OS2. The number of fused-ring (bicyclic) bond motifs is 2. The molecule has 2 heterocycles. The number of thiocarbonyl (C=S) groups is 1. The zero-order valence-electron chi connectivity index (χ0n) is 17.6. The molecule has 2 aliphatic carbocycles. The minimum atomic E-state index is -1.13. The predicted molar refractivity (Wildman–Crippen MR) is 137 cm³/mol. The molecule has 7 heteroatoms. The number of thioether (sulfide) groups is 1. The van der Waals surface area contributed by atoms with E-state index in [2.05, 4.69) is 53.9 Å². The van der Waals surface area contributed by atoms with Crippen molar-refractivity contribution in [3.63, 3.8) is 0 Å². The summed E-state index contributed by atoms with van der Waals surface area (Å²) in [6.07, 6.45) is 16.3. The van der Waals surface area contributed by atoms with Gasteiger partial charge in [-0.1, -0.05) is 78.6 Å². The number of hydrogen-bond donors (Lipinski definition) is 1. The highest BCUT2D eigenvalue weighted by Gasteiger charge is 2.31. The lowest BCUT2D eigenvalue weighted by molar-refractivity contribution is 0.0969. The number of ketones is 1. The highest BCUT2D eigenvalue weighted by atomic mass is 32.2. The van der Waals surface area contributed by atoms with Gasteiger partial charge in [-0.3, -0.25) is 9.48 Å². The average Bonchev–Trinajstić information content (AvgIpc) is 3.26. The quantitative estimate of drug-likeness (QED) is 0.403. The Labute approximate surface area is 201 Å². The minimum absolute atomic E-state index is 0.0832. The third kappa shape index (κ3) is 4.04. The highest BCUT2D eigenvalue weighted by molar-refractivity contribution is 8.10. The summed E-state index contributed by atoms with van der Waals surface area (Å²) < 4.78 is 1.91. The van der Waals surface area contributed by atoms with E-state index in [9.17, 15) is 10.1 Å². The molecule has 33 heavy (non-hydrogen) atoms. The largest absolute Gasteiger partial charge is 0.349 e. The molecule has 0 saturated carbocycles. The smallest absolute Gasteiger partial charge is 0.207 e. The van der Waals surface area contributed by atoms with Crippen molar-refractivity contribution in [2.75, 3.05) is 5.32 Å². The molecule has 1 aromatic carbocycles. The maximum absolute atomic E-state index is 13.6. The first-order valence-electron chi connectivity index (χ1n) is 10.7. The van der Waals surface area contributed by atoms with Crippen molar-refractivity contribution < 1.29 is 4.79 Å². The summed E-state index contributed by atoms with van der Waals surface area (Å²) >= 11 is 7.05. The van der Waals surface area contributed by atoms with E-state index in [0.29, 0.717) is 0 Å². The van der Waals surface area contributed by atoms with Gasteiger partial charge in [-0.2, -0.15) is 10.4 Å². The van der Waals surface area contributed by atoms with Crippen LogP contribution in [-0.2, 0) is 0 Å². The van der Waals surface area contributed by atoms with Gasteiger partial charge in [0.25, 0.3) is 0 Å². The monoisotopic (exact) mass is 468 g/mol. The number of benzene rings is 1. The van der Waals surface area contributed by atoms with Gasteiger partial charge in [0, 0.05) is 15.8 Å². The maximum Gasteiger partial charge on any atom is 0.207 e. The van der Waals surface area contributed by atoms with Crippen molar-refractivity contribution in [2.45, 2.75) is 18.9 Å². The molecule has 5 nitrogen and oxygen atoms in total. The van der Waals surface area contributed by atoms with Crippen LogP contribution in [0.25, 0.3) is 11.0 Å². The van der Waals surface area contributed by atoms with E-state index in [1.165, 1.54) is 0 Å². The molecule has 1 aliphatic heterocycles. The van der Waals surface area contributed by atoms with Crippen molar-refractivity contribution in [1.82, 2.24) is 9.78 Å². The second kappa shape index (κ2) is 9.18. The molecule has 1 atom stereocenters. The Morgan fingerprint density at radius 3 is 2.79 bits per heavy atom. The maximum atomic E-state index is 13.6. The van der Waals surface area contributed by atoms with Gasteiger partial charge >= 0.3 is 0 Å². The fourth-order valence-corrected chi connectivity index (χ4v) is 5.32. The summed E-state index contributed by atoms with van der Waals surface area (Å²) in [6, 6.07) is 11.3. The van der Waals surface area contributed by atoms with Crippen LogP contribution in [0.4, 0.5) is 5.69 Å². The van der Waals surface area contributed by atoms with Gasteiger partial charge in [0.05, 0.1) is 17.5 Å². The van der Waals surface area contributed by atoms with Gasteiger partial charge in [-0.25, -0.2) is 0 Å². The first-order valence-corrected chi connectivity index (χ1v) is 11.9. The van der Waals surface area contributed by atoms with Crippen molar-refractivity contribution in [3.05, 3.63) is 94.0 Å². The number of carbonyl (C=O) groups excluding carboxylic acids is 1. The Morgan fingerprint density at radius 2 is 2.03 bits per heavy atom. The predicted octanol–water partition coefficient (Wildman–Crippen LogP) is 4.18. The molecule has 0 fully saturated rings. The van der Waals surface area contributed by atoms with Crippen LogP contribution in [0.1, 0.15) is 29.4 Å². The summed E-state index contributed by atoms with van der Waals surface area (Å²) in [5, 5.41) is 21.3. The number of hydrogen-bond acceptors (Lipinski definition) is 5.